The molecule has 0 aliphatic heterocycles. The summed E-state index contributed by atoms with van der Waals surface area (Å²) < 4.78 is 4.51. The zero-order chi connectivity index (χ0) is 9.94. The van der Waals surface area contributed by atoms with E-state index >= 15 is 0 Å². The molecule has 0 saturated carbocycles. The number of hydrogen-bond donors (Lipinski definition) is 0. The maximum atomic E-state index is 10.7. The molecule has 0 bridgehead atoms. The first-order valence-electron chi connectivity index (χ1n) is 4.83. The molecule has 0 N–H and O–H groups in total. The number of esters is 1. The first-order chi connectivity index (χ1) is 6.31. The van der Waals surface area contributed by atoms with E-state index in [0.717, 1.165) is 19.3 Å². The van der Waals surface area contributed by atoms with Crippen LogP contribution in [-0.2, 0) is 9.53 Å². The van der Waals surface area contributed by atoms with Gasteiger partial charge in [-0.05, 0) is 12.8 Å². The SMILES string of the molecule is CCCCC#CCCCC(=O)OC. The van der Waals surface area contributed by atoms with Gasteiger partial charge in [-0.1, -0.05) is 13.3 Å². The van der Waals surface area contributed by atoms with Gasteiger partial charge in [0.25, 0.3) is 0 Å². The van der Waals surface area contributed by atoms with Gasteiger partial charge in [0.15, 0.2) is 0 Å². The minimum atomic E-state index is -0.143. The van der Waals surface area contributed by atoms with Gasteiger partial charge >= 0.3 is 5.97 Å². The Kier molecular flexibility index (Phi) is 8.44. The second-order valence-electron chi connectivity index (χ2n) is 2.89. The van der Waals surface area contributed by atoms with Crippen molar-refractivity contribution in [3.8, 4) is 11.8 Å². The number of rotatable bonds is 5. The van der Waals surface area contributed by atoms with Crippen LogP contribution in [0.25, 0.3) is 0 Å². The lowest BCUT2D eigenvalue weighted by Gasteiger charge is -1.94. The van der Waals surface area contributed by atoms with Crippen LogP contribution < -0.4 is 0 Å². The topological polar surface area (TPSA) is 26.3 Å². The minimum absolute atomic E-state index is 0.143. The first kappa shape index (κ1) is 12.0. The highest BCUT2D eigenvalue weighted by Gasteiger charge is 1.96. The van der Waals surface area contributed by atoms with Crippen molar-refractivity contribution in [1.29, 1.82) is 0 Å². The van der Waals surface area contributed by atoms with Crippen LogP contribution in [0.4, 0.5) is 0 Å². The Morgan fingerprint density at radius 1 is 1.23 bits per heavy atom. The standard InChI is InChI=1S/C11H18O2/c1-3-4-5-6-7-8-9-10-11(12)13-2/h3-5,8-10H2,1-2H3. The Balaban J connectivity index is 3.22. The van der Waals surface area contributed by atoms with E-state index in [1.807, 2.05) is 0 Å². The van der Waals surface area contributed by atoms with Gasteiger partial charge in [-0.15, -0.1) is 11.8 Å². The summed E-state index contributed by atoms with van der Waals surface area (Å²) in [4.78, 5) is 10.7. The molecule has 2 nitrogen and oxygen atoms in total. The van der Waals surface area contributed by atoms with E-state index in [-0.39, 0.29) is 5.97 Å². The van der Waals surface area contributed by atoms with E-state index < -0.39 is 0 Å². The molecule has 0 radical (unpaired) electrons. The molecule has 0 heterocycles. The van der Waals surface area contributed by atoms with E-state index in [0.29, 0.717) is 6.42 Å². The molecular weight excluding hydrogens is 164 g/mol. The van der Waals surface area contributed by atoms with Crippen molar-refractivity contribution in [3.05, 3.63) is 0 Å². The lowest BCUT2D eigenvalue weighted by atomic mass is 10.2. The van der Waals surface area contributed by atoms with Crippen molar-refractivity contribution < 1.29 is 9.53 Å². The quantitative estimate of drug-likeness (QED) is 0.371. The monoisotopic (exact) mass is 182 g/mol. The average Bonchev–Trinajstić information content (AvgIpc) is 2.16. The maximum absolute atomic E-state index is 10.7. The molecular formula is C11H18O2. The van der Waals surface area contributed by atoms with E-state index in [1.54, 1.807) is 0 Å². The summed E-state index contributed by atoms with van der Waals surface area (Å²) in [5, 5.41) is 0. The Hall–Kier alpha value is -0.970. The normalized spacial score (nSPS) is 8.77. The molecule has 0 aliphatic rings. The predicted molar refractivity (Wildman–Crippen MR) is 53.2 cm³/mol. The summed E-state index contributed by atoms with van der Waals surface area (Å²) in [7, 11) is 1.41. The predicted octanol–water partition coefficient (Wildman–Crippen LogP) is 2.52. The lowest BCUT2D eigenvalue weighted by Crippen LogP contribution is -1.98. The number of carbonyl (C=O) groups is 1. The van der Waals surface area contributed by atoms with Crippen LogP contribution in [0.5, 0.6) is 0 Å². The van der Waals surface area contributed by atoms with Gasteiger partial charge in [0.05, 0.1) is 7.11 Å². The third-order valence-electron chi connectivity index (χ3n) is 1.69. The van der Waals surface area contributed by atoms with Crippen LogP contribution >= 0.6 is 0 Å². The third-order valence-corrected chi connectivity index (χ3v) is 1.69. The molecule has 2 heteroatoms. The fraction of sp³-hybridized carbons (Fsp3) is 0.727. The summed E-state index contributed by atoms with van der Waals surface area (Å²) in [5.41, 5.74) is 0. The largest absolute Gasteiger partial charge is 0.469 e. The van der Waals surface area contributed by atoms with Gasteiger partial charge < -0.3 is 4.74 Å². The second kappa shape index (κ2) is 9.12. The Morgan fingerprint density at radius 2 is 1.85 bits per heavy atom. The molecule has 0 spiro atoms. The zero-order valence-corrected chi connectivity index (χ0v) is 8.56. The molecule has 0 rings (SSSR count). The van der Waals surface area contributed by atoms with E-state index in [1.165, 1.54) is 20.0 Å². The summed E-state index contributed by atoms with van der Waals surface area (Å²) in [6, 6.07) is 0. The van der Waals surface area contributed by atoms with Gasteiger partial charge in [-0.2, -0.15) is 0 Å². The van der Waals surface area contributed by atoms with Crippen molar-refractivity contribution in [3.63, 3.8) is 0 Å². The summed E-state index contributed by atoms with van der Waals surface area (Å²) in [6.07, 6.45) is 5.44. The van der Waals surface area contributed by atoms with Gasteiger partial charge in [0.2, 0.25) is 0 Å². The Labute approximate surface area is 80.7 Å². The second-order valence-corrected chi connectivity index (χ2v) is 2.89. The van der Waals surface area contributed by atoms with Crippen molar-refractivity contribution in [1.82, 2.24) is 0 Å². The highest BCUT2D eigenvalue weighted by Crippen LogP contribution is 1.96. The summed E-state index contributed by atoms with van der Waals surface area (Å²) in [5.74, 6) is 5.97. The highest BCUT2D eigenvalue weighted by atomic mass is 16.5. The van der Waals surface area contributed by atoms with Gasteiger partial charge in [-0.3, -0.25) is 4.79 Å². The van der Waals surface area contributed by atoms with Crippen molar-refractivity contribution in [2.75, 3.05) is 7.11 Å². The molecule has 0 aliphatic carbocycles. The number of methoxy groups -OCH3 is 1. The van der Waals surface area contributed by atoms with Crippen LogP contribution in [0.2, 0.25) is 0 Å². The number of carbonyl (C=O) groups excluding carboxylic acids is 1. The first-order valence-corrected chi connectivity index (χ1v) is 4.83. The van der Waals surface area contributed by atoms with Crippen LogP contribution in [0.1, 0.15) is 45.4 Å². The maximum Gasteiger partial charge on any atom is 0.305 e. The van der Waals surface area contributed by atoms with Gasteiger partial charge in [-0.25, -0.2) is 0 Å². The molecule has 74 valence electrons. The number of ether oxygens (including phenoxy) is 1. The number of hydrogen-bond acceptors (Lipinski definition) is 2. The van der Waals surface area contributed by atoms with Crippen LogP contribution in [-0.4, -0.2) is 13.1 Å². The molecule has 0 fully saturated rings. The molecule has 0 aromatic rings. The van der Waals surface area contributed by atoms with Crippen molar-refractivity contribution in [2.45, 2.75) is 45.4 Å². The van der Waals surface area contributed by atoms with E-state index in [2.05, 4.69) is 23.5 Å². The van der Waals surface area contributed by atoms with Crippen LogP contribution in [0, 0.1) is 11.8 Å². The van der Waals surface area contributed by atoms with Crippen molar-refractivity contribution >= 4 is 5.97 Å². The van der Waals surface area contributed by atoms with Crippen LogP contribution in [0.15, 0.2) is 0 Å². The third kappa shape index (κ3) is 8.94. The van der Waals surface area contributed by atoms with E-state index in [4.69, 9.17) is 0 Å². The minimum Gasteiger partial charge on any atom is -0.469 e. The fourth-order valence-electron chi connectivity index (χ4n) is 0.865. The van der Waals surface area contributed by atoms with Gasteiger partial charge in [0, 0.05) is 19.3 Å². The number of unbranched alkanes of at least 4 members (excludes halogenated alkanes) is 3. The van der Waals surface area contributed by atoms with E-state index in [9.17, 15) is 4.79 Å². The summed E-state index contributed by atoms with van der Waals surface area (Å²) in [6.45, 7) is 2.15. The smallest absolute Gasteiger partial charge is 0.305 e. The zero-order valence-electron chi connectivity index (χ0n) is 8.56. The molecule has 0 unspecified atom stereocenters. The lowest BCUT2D eigenvalue weighted by molar-refractivity contribution is -0.140. The van der Waals surface area contributed by atoms with Crippen molar-refractivity contribution in [2.24, 2.45) is 0 Å². The fourth-order valence-corrected chi connectivity index (χ4v) is 0.865. The van der Waals surface area contributed by atoms with Crippen LogP contribution in [0.3, 0.4) is 0 Å². The molecule has 13 heavy (non-hydrogen) atoms. The van der Waals surface area contributed by atoms with Gasteiger partial charge in [0.1, 0.15) is 0 Å². The average molecular weight is 182 g/mol. The highest BCUT2D eigenvalue weighted by molar-refractivity contribution is 5.69. The molecule has 0 saturated heterocycles. The summed E-state index contributed by atoms with van der Waals surface area (Å²) >= 11 is 0. The molecule has 0 amide bonds. The molecule has 0 atom stereocenters. The Morgan fingerprint density at radius 3 is 2.38 bits per heavy atom. The molecule has 0 aromatic carbocycles. The Bertz CT molecular complexity index is 186. The molecule has 0 aromatic heterocycles.